The lowest BCUT2D eigenvalue weighted by molar-refractivity contribution is 0.695. The molecule has 3 rings (SSSR count). The van der Waals surface area contributed by atoms with E-state index in [1.807, 2.05) is 12.1 Å². The molecule has 88 valence electrons. The Bertz CT molecular complexity index is 522. The van der Waals surface area contributed by atoms with Crippen LogP contribution in [0.5, 0.6) is 0 Å². The van der Waals surface area contributed by atoms with Crippen LogP contribution in [0.4, 0.5) is 0 Å². The van der Waals surface area contributed by atoms with E-state index in [9.17, 15) is 0 Å². The predicted molar refractivity (Wildman–Crippen MR) is 72.9 cm³/mol. The Morgan fingerprint density at radius 3 is 3.06 bits per heavy atom. The highest BCUT2D eigenvalue weighted by Gasteiger charge is 2.21. The lowest BCUT2D eigenvalue weighted by Gasteiger charge is -2.03. The van der Waals surface area contributed by atoms with Crippen molar-refractivity contribution >= 4 is 27.5 Å². The van der Waals surface area contributed by atoms with Gasteiger partial charge in [-0.3, -0.25) is 0 Å². The number of halogens is 1. The zero-order valence-corrected chi connectivity index (χ0v) is 11.6. The van der Waals surface area contributed by atoms with Gasteiger partial charge in [-0.2, -0.15) is 0 Å². The number of hydrogen-bond donors (Lipinski definition) is 1. The van der Waals surface area contributed by atoms with Crippen LogP contribution >= 0.6 is 27.5 Å². The van der Waals surface area contributed by atoms with E-state index in [0.29, 0.717) is 6.04 Å². The fourth-order valence-electron chi connectivity index (χ4n) is 1.70. The minimum Gasteiger partial charge on any atom is -0.309 e. The summed E-state index contributed by atoms with van der Waals surface area (Å²) >= 11 is 4.97. The molecule has 17 heavy (non-hydrogen) atoms. The van der Waals surface area contributed by atoms with E-state index in [-0.39, 0.29) is 0 Å². The normalized spacial score (nSPS) is 15.1. The summed E-state index contributed by atoms with van der Waals surface area (Å²) in [6.45, 7) is 0.879. The molecule has 1 aliphatic rings. The van der Waals surface area contributed by atoms with Gasteiger partial charge in [0.2, 0.25) is 0 Å². The van der Waals surface area contributed by atoms with Gasteiger partial charge in [0.05, 0.1) is 4.88 Å². The molecule has 3 nitrogen and oxygen atoms in total. The number of nitrogens with one attached hydrogen (secondary N) is 1. The van der Waals surface area contributed by atoms with Crippen molar-refractivity contribution in [1.82, 2.24) is 14.9 Å². The first-order chi connectivity index (χ1) is 8.33. The quantitative estimate of drug-likeness (QED) is 0.942. The van der Waals surface area contributed by atoms with E-state index in [1.54, 1.807) is 0 Å². The minimum atomic E-state index is 0.715. The van der Waals surface area contributed by atoms with Crippen molar-refractivity contribution in [3.63, 3.8) is 0 Å². The molecule has 0 aliphatic heterocycles. The van der Waals surface area contributed by atoms with Crippen LogP contribution in [0, 0.1) is 0 Å². The molecule has 1 N–H and O–H groups in total. The molecule has 1 aromatic carbocycles. The van der Waals surface area contributed by atoms with Crippen molar-refractivity contribution < 1.29 is 0 Å². The SMILES string of the molecule is Brc1cccc(-c2nnsc2CNC2CC2)c1. The van der Waals surface area contributed by atoms with E-state index < -0.39 is 0 Å². The fourth-order valence-corrected chi connectivity index (χ4v) is 2.72. The molecule has 0 atom stereocenters. The lowest BCUT2D eigenvalue weighted by atomic mass is 10.1. The highest BCUT2D eigenvalue weighted by Crippen LogP contribution is 2.27. The van der Waals surface area contributed by atoms with Crippen LogP contribution in [0.3, 0.4) is 0 Å². The van der Waals surface area contributed by atoms with E-state index in [0.717, 1.165) is 22.3 Å². The molecule has 0 radical (unpaired) electrons. The van der Waals surface area contributed by atoms with Gasteiger partial charge in [-0.15, -0.1) is 5.10 Å². The minimum absolute atomic E-state index is 0.715. The molecule has 1 aliphatic carbocycles. The van der Waals surface area contributed by atoms with Gasteiger partial charge in [0.15, 0.2) is 0 Å². The Labute approximate surface area is 113 Å². The monoisotopic (exact) mass is 309 g/mol. The zero-order chi connectivity index (χ0) is 11.7. The summed E-state index contributed by atoms with van der Waals surface area (Å²) < 4.78 is 5.14. The van der Waals surface area contributed by atoms with E-state index >= 15 is 0 Å². The van der Waals surface area contributed by atoms with Crippen LogP contribution < -0.4 is 5.32 Å². The molecule has 0 bridgehead atoms. The van der Waals surface area contributed by atoms with Gasteiger partial charge in [0.25, 0.3) is 0 Å². The smallest absolute Gasteiger partial charge is 0.110 e. The summed E-state index contributed by atoms with van der Waals surface area (Å²) in [4.78, 5) is 1.22. The number of benzene rings is 1. The van der Waals surface area contributed by atoms with Crippen LogP contribution in [0.1, 0.15) is 17.7 Å². The van der Waals surface area contributed by atoms with E-state index in [4.69, 9.17) is 0 Å². The molecule has 0 amide bonds. The maximum absolute atomic E-state index is 4.23. The van der Waals surface area contributed by atoms with Crippen molar-refractivity contribution in [1.29, 1.82) is 0 Å². The third kappa shape index (κ3) is 2.73. The maximum Gasteiger partial charge on any atom is 0.110 e. The van der Waals surface area contributed by atoms with Gasteiger partial charge in [-0.25, -0.2) is 0 Å². The molecule has 0 saturated heterocycles. The maximum atomic E-state index is 4.23. The summed E-state index contributed by atoms with van der Waals surface area (Å²) in [5, 5.41) is 7.74. The topological polar surface area (TPSA) is 37.8 Å². The van der Waals surface area contributed by atoms with Gasteiger partial charge in [0.1, 0.15) is 5.69 Å². The molecule has 2 aromatic rings. The molecule has 1 aromatic heterocycles. The summed E-state index contributed by atoms with van der Waals surface area (Å²) in [6.07, 6.45) is 2.61. The molecule has 1 fully saturated rings. The van der Waals surface area contributed by atoms with E-state index in [1.165, 1.54) is 29.3 Å². The average molecular weight is 310 g/mol. The van der Waals surface area contributed by atoms with Crippen LogP contribution in [-0.2, 0) is 6.54 Å². The van der Waals surface area contributed by atoms with Crippen molar-refractivity contribution in [3.05, 3.63) is 33.6 Å². The van der Waals surface area contributed by atoms with Crippen molar-refractivity contribution in [2.75, 3.05) is 0 Å². The third-order valence-electron chi connectivity index (χ3n) is 2.78. The second-order valence-electron chi connectivity index (χ2n) is 4.21. The van der Waals surface area contributed by atoms with Crippen LogP contribution in [0.15, 0.2) is 28.7 Å². The Morgan fingerprint density at radius 1 is 1.41 bits per heavy atom. The first-order valence-electron chi connectivity index (χ1n) is 5.63. The Balaban J connectivity index is 1.83. The molecule has 1 heterocycles. The van der Waals surface area contributed by atoms with Gasteiger partial charge < -0.3 is 5.32 Å². The van der Waals surface area contributed by atoms with Gasteiger partial charge in [0, 0.05) is 22.6 Å². The predicted octanol–water partition coefficient (Wildman–Crippen LogP) is 3.22. The lowest BCUT2D eigenvalue weighted by Crippen LogP contribution is -2.14. The van der Waals surface area contributed by atoms with Gasteiger partial charge in [-0.1, -0.05) is 32.6 Å². The average Bonchev–Trinajstić information content (AvgIpc) is 3.04. The van der Waals surface area contributed by atoms with E-state index in [2.05, 4.69) is 43.0 Å². The second-order valence-corrected chi connectivity index (χ2v) is 5.96. The fraction of sp³-hybridized carbons (Fsp3) is 0.333. The summed E-state index contributed by atoms with van der Waals surface area (Å²) in [5.74, 6) is 0. The van der Waals surface area contributed by atoms with Crippen molar-refractivity contribution in [2.45, 2.75) is 25.4 Å². The van der Waals surface area contributed by atoms with Crippen molar-refractivity contribution in [3.8, 4) is 11.3 Å². The van der Waals surface area contributed by atoms with Crippen LogP contribution in [-0.4, -0.2) is 15.6 Å². The number of rotatable bonds is 4. The first kappa shape index (κ1) is 11.3. The molecular weight excluding hydrogens is 298 g/mol. The number of aromatic nitrogens is 2. The highest BCUT2D eigenvalue weighted by molar-refractivity contribution is 9.10. The van der Waals surface area contributed by atoms with Crippen LogP contribution in [0.25, 0.3) is 11.3 Å². The number of hydrogen-bond acceptors (Lipinski definition) is 4. The Morgan fingerprint density at radius 2 is 2.29 bits per heavy atom. The van der Waals surface area contributed by atoms with Crippen LogP contribution in [0.2, 0.25) is 0 Å². The third-order valence-corrected chi connectivity index (χ3v) is 4.00. The van der Waals surface area contributed by atoms with Gasteiger partial charge >= 0.3 is 0 Å². The molecule has 0 unspecified atom stereocenters. The number of nitrogens with zero attached hydrogens (tertiary/aromatic N) is 2. The summed E-state index contributed by atoms with van der Waals surface area (Å²) in [6, 6.07) is 8.91. The van der Waals surface area contributed by atoms with Crippen molar-refractivity contribution in [2.24, 2.45) is 0 Å². The molecule has 0 spiro atoms. The standard InChI is InChI=1S/C12H12BrN3S/c13-9-3-1-2-8(6-9)12-11(17-16-15-12)7-14-10-4-5-10/h1-3,6,10,14H,4-5,7H2. The second kappa shape index (κ2) is 4.84. The molecule has 1 saturated carbocycles. The highest BCUT2D eigenvalue weighted by atomic mass is 79.9. The Kier molecular flexibility index (Phi) is 3.22. The largest absolute Gasteiger partial charge is 0.309 e. The molecule has 5 heteroatoms. The summed E-state index contributed by atoms with van der Waals surface area (Å²) in [7, 11) is 0. The summed E-state index contributed by atoms with van der Waals surface area (Å²) in [5.41, 5.74) is 2.13. The Hall–Kier alpha value is -0.780. The van der Waals surface area contributed by atoms with Gasteiger partial charge in [-0.05, 0) is 36.5 Å². The zero-order valence-electron chi connectivity index (χ0n) is 9.19. The first-order valence-corrected chi connectivity index (χ1v) is 7.20. The molecular formula is C12H12BrN3S.